The van der Waals surface area contributed by atoms with Gasteiger partial charge >= 0.3 is 18.1 Å². The van der Waals surface area contributed by atoms with Crippen LogP contribution in [0.5, 0.6) is 0 Å². The number of aliphatic carboxylic acids is 2. The number of carboxylic acid groups (broad SMARTS) is 2. The average molecular weight is 255 g/mol. The van der Waals surface area contributed by atoms with E-state index in [0.717, 1.165) is 4.90 Å². The minimum Gasteiger partial charge on any atom is -0.481 e. The van der Waals surface area contributed by atoms with Gasteiger partial charge in [0.2, 0.25) is 0 Å². The number of carbonyl (C=O) groups is 2. The minimum atomic E-state index is -4.63. The van der Waals surface area contributed by atoms with E-state index in [1.54, 1.807) is 0 Å². The van der Waals surface area contributed by atoms with Crippen LogP contribution < -0.4 is 0 Å². The second-order valence-electron chi connectivity index (χ2n) is 4.06. The van der Waals surface area contributed by atoms with Crippen molar-refractivity contribution in [2.75, 3.05) is 13.1 Å². The summed E-state index contributed by atoms with van der Waals surface area (Å²) in [5.41, 5.74) is 0. The molecule has 1 saturated heterocycles. The van der Waals surface area contributed by atoms with E-state index in [2.05, 4.69) is 0 Å². The first-order valence-electron chi connectivity index (χ1n) is 4.91. The molecule has 0 aromatic heterocycles. The van der Waals surface area contributed by atoms with Gasteiger partial charge < -0.3 is 10.2 Å². The molecule has 1 unspecified atom stereocenters. The van der Waals surface area contributed by atoms with Crippen molar-refractivity contribution in [2.45, 2.75) is 19.1 Å². The Balaban J connectivity index is 2.87. The van der Waals surface area contributed by atoms with E-state index in [-0.39, 0.29) is 0 Å². The van der Waals surface area contributed by atoms with Gasteiger partial charge in [-0.05, 0) is 6.92 Å². The molecule has 0 aliphatic carbocycles. The van der Waals surface area contributed by atoms with Gasteiger partial charge in [0.15, 0.2) is 0 Å². The number of alkyl halides is 3. The van der Waals surface area contributed by atoms with Crippen LogP contribution in [0.2, 0.25) is 0 Å². The van der Waals surface area contributed by atoms with Gasteiger partial charge in [-0.3, -0.25) is 14.5 Å². The summed E-state index contributed by atoms with van der Waals surface area (Å²) in [6.45, 7) is 0.251. The first-order valence-corrected chi connectivity index (χ1v) is 4.91. The monoisotopic (exact) mass is 255 g/mol. The van der Waals surface area contributed by atoms with Crippen molar-refractivity contribution < 1.29 is 33.0 Å². The Labute approximate surface area is 94.8 Å². The number of hydrogen-bond donors (Lipinski definition) is 2. The molecule has 5 nitrogen and oxygen atoms in total. The van der Waals surface area contributed by atoms with Crippen molar-refractivity contribution in [2.24, 2.45) is 11.8 Å². The quantitative estimate of drug-likeness (QED) is 0.774. The smallest absolute Gasteiger partial charge is 0.393 e. The lowest BCUT2D eigenvalue weighted by atomic mass is 9.96. The van der Waals surface area contributed by atoms with Gasteiger partial charge in [-0.1, -0.05) is 0 Å². The molecule has 0 saturated carbocycles. The Morgan fingerprint density at radius 2 is 1.82 bits per heavy atom. The van der Waals surface area contributed by atoms with Crippen molar-refractivity contribution in [1.29, 1.82) is 0 Å². The summed E-state index contributed by atoms with van der Waals surface area (Å²) in [6.07, 6.45) is -4.63. The summed E-state index contributed by atoms with van der Waals surface area (Å²) in [4.78, 5) is 22.4. The second kappa shape index (κ2) is 4.52. The fourth-order valence-electron chi connectivity index (χ4n) is 1.89. The maximum absolute atomic E-state index is 12.6. The fraction of sp³-hybridized carbons (Fsp3) is 0.778. The van der Waals surface area contributed by atoms with Gasteiger partial charge in [0.05, 0.1) is 11.8 Å². The molecule has 0 amide bonds. The maximum Gasteiger partial charge on any atom is 0.393 e. The van der Waals surface area contributed by atoms with Crippen molar-refractivity contribution in [3.8, 4) is 0 Å². The summed E-state index contributed by atoms with van der Waals surface area (Å²) >= 11 is 0. The van der Waals surface area contributed by atoms with E-state index in [1.165, 1.54) is 6.92 Å². The van der Waals surface area contributed by atoms with Crippen LogP contribution in [-0.2, 0) is 9.59 Å². The molecule has 1 aliphatic rings. The third kappa shape index (κ3) is 2.87. The Morgan fingerprint density at radius 3 is 2.12 bits per heavy atom. The zero-order valence-corrected chi connectivity index (χ0v) is 8.94. The van der Waals surface area contributed by atoms with Crippen molar-refractivity contribution in [3.05, 3.63) is 0 Å². The summed E-state index contributed by atoms with van der Waals surface area (Å²) in [5, 5.41) is 17.4. The van der Waals surface area contributed by atoms with E-state index in [4.69, 9.17) is 10.2 Å². The molecule has 1 aliphatic heterocycles. The van der Waals surface area contributed by atoms with E-state index >= 15 is 0 Å². The van der Waals surface area contributed by atoms with Crippen molar-refractivity contribution >= 4 is 11.9 Å². The van der Waals surface area contributed by atoms with Crippen molar-refractivity contribution in [3.63, 3.8) is 0 Å². The van der Waals surface area contributed by atoms with Gasteiger partial charge in [0, 0.05) is 13.1 Å². The second-order valence-corrected chi connectivity index (χ2v) is 4.06. The predicted molar refractivity (Wildman–Crippen MR) is 49.3 cm³/mol. The normalized spacial score (nSPS) is 28.0. The lowest BCUT2D eigenvalue weighted by Gasteiger charge is -2.20. The Morgan fingerprint density at radius 1 is 1.29 bits per heavy atom. The van der Waals surface area contributed by atoms with Crippen molar-refractivity contribution in [1.82, 2.24) is 4.90 Å². The molecule has 1 rings (SSSR count). The molecule has 98 valence electrons. The highest BCUT2D eigenvalue weighted by Gasteiger charge is 2.53. The number of halogens is 3. The van der Waals surface area contributed by atoms with E-state index in [0.29, 0.717) is 0 Å². The molecule has 3 atom stereocenters. The molecule has 1 fully saturated rings. The molecular weight excluding hydrogens is 243 g/mol. The largest absolute Gasteiger partial charge is 0.481 e. The number of likely N-dealkylation sites (tertiary alicyclic amines) is 1. The molecule has 0 aromatic carbocycles. The number of rotatable bonds is 3. The topological polar surface area (TPSA) is 77.8 Å². The molecular formula is C9H12F3NO4. The van der Waals surface area contributed by atoms with Crippen LogP contribution in [-0.4, -0.2) is 52.4 Å². The molecule has 2 N–H and O–H groups in total. The molecule has 17 heavy (non-hydrogen) atoms. The third-order valence-corrected chi connectivity index (χ3v) is 2.99. The highest BCUT2D eigenvalue weighted by atomic mass is 19.4. The Bertz CT molecular complexity index is 331. The van der Waals surface area contributed by atoms with Gasteiger partial charge in [-0.25, -0.2) is 0 Å². The zero-order valence-electron chi connectivity index (χ0n) is 8.94. The highest BCUT2D eigenvalue weighted by molar-refractivity contribution is 5.74. The number of carboxylic acids is 2. The van der Waals surface area contributed by atoms with Crippen LogP contribution in [0.3, 0.4) is 0 Å². The lowest BCUT2D eigenvalue weighted by molar-refractivity contribution is -0.188. The van der Waals surface area contributed by atoms with Gasteiger partial charge in [-0.15, -0.1) is 0 Å². The van der Waals surface area contributed by atoms with E-state index < -0.39 is 49.1 Å². The summed E-state index contributed by atoms with van der Waals surface area (Å²) in [5.74, 6) is -6.43. The molecule has 0 aromatic rings. The van der Waals surface area contributed by atoms with E-state index in [9.17, 15) is 22.8 Å². The zero-order chi connectivity index (χ0) is 13.4. The Hall–Kier alpha value is -1.31. The first-order chi connectivity index (χ1) is 7.64. The molecule has 0 bridgehead atoms. The molecule has 8 heteroatoms. The van der Waals surface area contributed by atoms with Gasteiger partial charge in [0.25, 0.3) is 0 Å². The maximum atomic E-state index is 12.6. The summed E-state index contributed by atoms with van der Waals surface area (Å²) in [6, 6.07) is -1.12. The fourth-order valence-corrected chi connectivity index (χ4v) is 1.89. The minimum absolute atomic E-state index is 0.396. The molecule has 0 radical (unpaired) electrons. The van der Waals surface area contributed by atoms with Crippen LogP contribution >= 0.6 is 0 Å². The molecule has 1 heterocycles. The highest BCUT2D eigenvalue weighted by Crippen LogP contribution is 2.38. The Kier molecular flexibility index (Phi) is 3.65. The van der Waals surface area contributed by atoms with Gasteiger partial charge in [0.1, 0.15) is 6.04 Å². The average Bonchev–Trinajstić information content (AvgIpc) is 2.59. The van der Waals surface area contributed by atoms with Gasteiger partial charge in [-0.2, -0.15) is 13.2 Å². The van der Waals surface area contributed by atoms with E-state index in [1.807, 2.05) is 0 Å². The summed E-state index contributed by atoms with van der Waals surface area (Å²) in [7, 11) is 0. The van der Waals surface area contributed by atoms with Crippen LogP contribution in [0.4, 0.5) is 13.2 Å². The SMILES string of the molecule is CC(C(=O)O)N1C[C@@H](C(F)(F)F)[C@H](C(=O)O)C1. The standard InChI is InChI=1S/C9H12F3NO4/c1-4(7(14)15)13-2-5(8(16)17)6(3-13)9(10,11)12/h4-6H,2-3H2,1H3,(H,14,15)(H,16,17)/t4?,5-,6-/m1/s1. The number of hydrogen-bond acceptors (Lipinski definition) is 3. The van der Waals surface area contributed by atoms with Crippen LogP contribution in [0.1, 0.15) is 6.92 Å². The van der Waals surface area contributed by atoms with Crippen LogP contribution in [0, 0.1) is 11.8 Å². The third-order valence-electron chi connectivity index (χ3n) is 2.99. The van der Waals surface area contributed by atoms with Crippen LogP contribution in [0.15, 0.2) is 0 Å². The first kappa shape index (κ1) is 13.8. The molecule has 0 spiro atoms. The number of nitrogens with zero attached hydrogens (tertiary/aromatic N) is 1. The lowest BCUT2D eigenvalue weighted by Crippen LogP contribution is -2.38. The van der Waals surface area contributed by atoms with Crippen LogP contribution in [0.25, 0.3) is 0 Å². The predicted octanol–water partition coefficient (Wildman–Crippen LogP) is 0.654. The summed E-state index contributed by atoms with van der Waals surface area (Å²) < 4.78 is 37.7.